The van der Waals surface area contributed by atoms with Gasteiger partial charge in [-0.3, -0.25) is 14.7 Å². The van der Waals surface area contributed by atoms with E-state index >= 15 is 0 Å². The quantitative estimate of drug-likeness (QED) is 0.119. The van der Waals surface area contributed by atoms with Gasteiger partial charge in [0.25, 0.3) is 5.91 Å². The molecule has 3 N–H and O–H groups in total. The molecule has 0 aliphatic carbocycles. The smallest absolute Gasteiger partial charge is 0.271 e. The molecule has 54 heavy (non-hydrogen) atoms. The van der Waals surface area contributed by atoms with Crippen molar-refractivity contribution in [3.8, 4) is 11.1 Å². The van der Waals surface area contributed by atoms with E-state index in [0.717, 1.165) is 44.5 Å². The van der Waals surface area contributed by atoms with Crippen LogP contribution in [0.3, 0.4) is 0 Å². The molecular weight excluding hydrogens is 677 g/mol. The van der Waals surface area contributed by atoms with E-state index in [-0.39, 0.29) is 42.4 Å². The predicted molar refractivity (Wildman–Crippen MR) is 209 cm³/mol. The van der Waals surface area contributed by atoms with E-state index in [1.165, 1.54) is 6.20 Å². The third-order valence-corrected chi connectivity index (χ3v) is 10.4. The third-order valence-electron chi connectivity index (χ3n) is 10.4. The number of nitrogens with one attached hydrogen (secondary N) is 1. The molecule has 1 saturated heterocycles. The van der Waals surface area contributed by atoms with Gasteiger partial charge in [-0.1, -0.05) is 110 Å². The highest BCUT2D eigenvalue weighted by atomic mass is 16.7. The monoisotopic (exact) mass is 722 g/mol. The van der Waals surface area contributed by atoms with Gasteiger partial charge >= 0.3 is 0 Å². The van der Waals surface area contributed by atoms with Crippen molar-refractivity contribution >= 4 is 16.9 Å². The van der Waals surface area contributed by atoms with E-state index in [9.17, 15) is 15.0 Å². The molecule has 7 rings (SSSR count). The van der Waals surface area contributed by atoms with Gasteiger partial charge in [0.1, 0.15) is 5.69 Å². The Labute approximate surface area is 316 Å². The predicted octanol–water partition coefficient (Wildman–Crippen LogP) is 7.56. The van der Waals surface area contributed by atoms with E-state index in [1.54, 1.807) is 0 Å². The molecule has 0 spiro atoms. The SMILES string of the molecule is C[C@@H]1[C@H](CN(C)[C@@H](C)[C@H](O)c2ccccc2)O[C@H](c2cccc(-c3cccc(CNC(=O)c4cnc5ccccc5n4)c3)c2)O[C@@H]1c1ccc(CO)cc1. The molecule has 1 aromatic heterocycles. The van der Waals surface area contributed by atoms with Gasteiger partial charge in [-0.25, -0.2) is 4.98 Å². The van der Waals surface area contributed by atoms with Gasteiger partial charge in [-0.2, -0.15) is 0 Å². The Bertz CT molecular complexity index is 2180. The number of aliphatic hydroxyl groups excluding tert-OH is 2. The zero-order valence-corrected chi connectivity index (χ0v) is 30.7. The van der Waals surface area contributed by atoms with Crippen molar-refractivity contribution < 1.29 is 24.5 Å². The highest BCUT2D eigenvalue weighted by molar-refractivity contribution is 5.93. The molecule has 0 radical (unpaired) electrons. The summed E-state index contributed by atoms with van der Waals surface area (Å²) in [5.74, 6) is -0.299. The van der Waals surface area contributed by atoms with Crippen molar-refractivity contribution in [2.75, 3.05) is 13.6 Å². The molecule has 1 amide bonds. The average molecular weight is 723 g/mol. The lowest BCUT2D eigenvalue weighted by Crippen LogP contribution is -2.46. The lowest BCUT2D eigenvalue weighted by Gasteiger charge is -2.43. The molecule has 9 heteroatoms. The van der Waals surface area contributed by atoms with Gasteiger partial charge < -0.3 is 25.0 Å². The molecule has 6 atom stereocenters. The molecule has 0 unspecified atom stereocenters. The lowest BCUT2D eigenvalue weighted by atomic mass is 9.89. The van der Waals surface area contributed by atoms with Crippen molar-refractivity contribution in [1.82, 2.24) is 20.2 Å². The first-order chi connectivity index (χ1) is 26.3. The van der Waals surface area contributed by atoms with Crippen LogP contribution in [0.2, 0.25) is 0 Å². The summed E-state index contributed by atoms with van der Waals surface area (Å²) in [5.41, 5.74) is 8.23. The number of nitrogens with zero attached hydrogens (tertiary/aromatic N) is 3. The summed E-state index contributed by atoms with van der Waals surface area (Å²) in [6.07, 6.45) is -0.294. The minimum absolute atomic E-state index is 0.0135. The number of rotatable bonds is 12. The lowest BCUT2D eigenvalue weighted by molar-refractivity contribution is -0.276. The summed E-state index contributed by atoms with van der Waals surface area (Å²) >= 11 is 0. The van der Waals surface area contributed by atoms with Gasteiger partial charge in [-0.05, 0) is 71.6 Å². The fourth-order valence-corrected chi connectivity index (χ4v) is 7.01. The molecule has 1 aliphatic heterocycles. The number of para-hydroxylation sites is 2. The molecule has 1 aliphatic rings. The number of likely N-dealkylation sites (N-methyl/N-ethyl adjacent to an activating group) is 1. The maximum Gasteiger partial charge on any atom is 0.271 e. The van der Waals surface area contributed by atoms with Crippen LogP contribution in [0.4, 0.5) is 0 Å². The second-order valence-corrected chi connectivity index (χ2v) is 14.1. The number of aliphatic hydroxyl groups is 2. The van der Waals surface area contributed by atoms with Crippen molar-refractivity contribution in [2.45, 2.75) is 57.6 Å². The van der Waals surface area contributed by atoms with Crippen LogP contribution < -0.4 is 5.32 Å². The first kappa shape index (κ1) is 37.0. The van der Waals surface area contributed by atoms with Crippen LogP contribution >= 0.6 is 0 Å². The second-order valence-electron chi connectivity index (χ2n) is 14.1. The van der Waals surface area contributed by atoms with Gasteiger partial charge in [0, 0.05) is 30.6 Å². The third kappa shape index (κ3) is 8.41. The zero-order chi connectivity index (χ0) is 37.6. The number of hydrogen-bond acceptors (Lipinski definition) is 8. The summed E-state index contributed by atoms with van der Waals surface area (Å²) in [6.45, 7) is 5.06. The van der Waals surface area contributed by atoms with Gasteiger partial charge in [-0.15, -0.1) is 0 Å². The van der Waals surface area contributed by atoms with Crippen molar-refractivity contribution in [3.05, 3.63) is 167 Å². The number of carbonyl (C=O) groups is 1. The van der Waals surface area contributed by atoms with Crippen molar-refractivity contribution in [3.63, 3.8) is 0 Å². The zero-order valence-electron chi connectivity index (χ0n) is 30.7. The number of hydrogen-bond donors (Lipinski definition) is 3. The normalized spacial score (nSPS) is 19.7. The molecule has 6 aromatic rings. The number of carbonyl (C=O) groups excluding carboxylic acids is 1. The number of amides is 1. The summed E-state index contributed by atoms with van der Waals surface area (Å²) in [6, 6.07) is 41.2. The van der Waals surface area contributed by atoms with E-state index in [1.807, 2.05) is 123 Å². The Hall–Kier alpha value is -5.29. The number of fused-ring (bicyclic) bond motifs is 1. The Morgan fingerprint density at radius 1 is 0.815 bits per heavy atom. The highest BCUT2D eigenvalue weighted by Crippen LogP contribution is 2.42. The van der Waals surface area contributed by atoms with E-state index in [2.05, 4.69) is 45.3 Å². The maximum atomic E-state index is 13.0. The fraction of sp³-hybridized carbons (Fsp3) is 0.267. The largest absolute Gasteiger partial charge is 0.392 e. The number of benzene rings is 5. The minimum Gasteiger partial charge on any atom is -0.392 e. The van der Waals surface area contributed by atoms with Gasteiger partial charge in [0.15, 0.2) is 6.29 Å². The number of ether oxygens (including phenoxy) is 2. The molecule has 276 valence electrons. The Morgan fingerprint density at radius 2 is 1.52 bits per heavy atom. The van der Waals surface area contributed by atoms with Crippen LogP contribution in [0, 0.1) is 5.92 Å². The van der Waals surface area contributed by atoms with Crippen molar-refractivity contribution in [2.24, 2.45) is 5.92 Å². The second kappa shape index (κ2) is 16.8. The first-order valence-electron chi connectivity index (χ1n) is 18.4. The topological polar surface area (TPSA) is 117 Å². The van der Waals surface area contributed by atoms with Crippen LogP contribution in [0.25, 0.3) is 22.2 Å². The molecule has 0 saturated carbocycles. The summed E-state index contributed by atoms with van der Waals surface area (Å²) in [5, 5.41) is 23.9. The molecule has 1 fully saturated rings. The molecule has 2 heterocycles. The van der Waals surface area contributed by atoms with Gasteiger partial charge in [0.05, 0.1) is 42.1 Å². The van der Waals surface area contributed by atoms with E-state index in [4.69, 9.17) is 9.47 Å². The van der Waals surface area contributed by atoms with Crippen LogP contribution in [-0.4, -0.2) is 56.7 Å². The Morgan fingerprint density at radius 3 is 2.28 bits per heavy atom. The minimum atomic E-state index is -0.655. The number of aromatic nitrogens is 2. The standard InChI is InChI=1S/C45H46N4O5/c1-29-41(27-49(3)30(2)42(51)33-12-5-4-6-13-33)53-45(54-43(29)34-21-19-31(28-50)20-22-34)37-16-10-15-36(24-37)35-14-9-11-32(23-35)25-47-44(52)40-26-46-38-17-7-8-18-39(38)48-40/h4-24,26,29-30,41-43,45,50-51H,25,27-28H2,1-3H3,(H,47,52)/t29-,30+,41+,42+,43+,45+/m1/s1. The van der Waals surface area contributed by atoms with E-state index < -0.39 is 12.4 Å². The maximum absolute atomic E-state index is 13.0. The van der Waals surface area contributed by atoms with E-state index in [0.29, 0.717) is 18.6 Å². The summed E-state index contributed by atoms with van der Waals surface area (Å²) in [4.78, 5) is 24.0. The molecule has 9 nitrogen and oxygen atoms in total. The fourth-order valence-electron chi connectivity index (χ4n) is 7.01. The molecule has 5 aromatic carbocycles. The Balaban J connectivity index is 1.09. The van der Waals surface area contributed by atoms with Crippen molar-refractivity contribution in [1.29, 1.82) is 0 Å². The van der Waals surface area contributed by atoms with Crippen LogP contribution in [-0.2, 0) is 22.6 Å². The molecule has 0 bridgehead atoms. The summed E-state index contributed by atoms with van der Waals surface area (Å²) in [7, 11) is 2.02. The molecular formula is C45H46N4O5. The first-order valence-corrected chi connectivity index (χ1v) is 18.4. The van der Waals surface area contributed by atoms with Crippen LogP contribution in [0.1, 0.15) is 70.7 Å². The van der Waals surface area contributed by atoms with Crippen LogP contribution in [0.5, 0.6) is 0 Å². The van der Waals surface area contributed by atoms with Gasteiger partial charge in [0.2, 0.25) is 0 Å². The highest BCUT2D eigenvalue weighted by Gasteiger charge is 2.39. The average Bonchev–Trinajstić information content (AvgIpc) is 3.23. The summed E-state index contributed by atoms with van der Waals surface area (Å²) < 4.78 is 13.6. The Kier molecular flexibility index (Phi) is 11.5. The van der Waals surface area contributed by atoms with Crippen LogP contribution in [0.15, 0.2) is 134 Å².